The van der Waals surface area contributed by atoms with Crippen LogP contribution in [0, 0.1) is 5.92 Å². The summed E-state index contributed by atoms with van der Waals surface area (Å²) in [6.07, 6.45) is 1.06. The number of hydrogen-bond donors (Lipinski definition) is 2. The highest BCUT2D eigenvalue weighted by Gasteiger charge is 2.29. The first-order chi connectivity index (χ1) is 10.2. The summed E-state index contributed by atoms with van der Waals surface area (Å²) in [5, 5.41) is 2.94. The minimum absolute atomic E-state index is 0.0139. The molecule has 0 spiro atoms. The second kappa shape index (κ2) is 6.05. The van der Waals surface area contributed by atoms with Gasteiger partial charge in [-0.2, -0.15) is 8.73 Å². The molecule has 6 nitrogen and oxygen atoms in total. The quantitative estimate of drug-likeness (QED) is 0.906. The lowest BCUT2D eigenvalue weighted by molar-refractivity contribution is -0.117. The first-order valence-corrected chi connectivity index (χ1v) is 7.85. The Hall–Kier alpha value is -1.57. The fourth-order valence-corrected chi connectivity index (χ4v) is 3.44. The van der Waals surface area contributed by atoms with Gasteiger partial charge in [0.05, 0.1) is 23.6 Å². The molecule has 0 radical (unpaired) electrons. The molecule has 3 rings (SSSR count). The molecule has 2 unspecified atom stereocenters. The Bertz CT molecular complexity index is 626. The lowest BCUT2D eigenvalue weighted by Gasteiger charge is -2.20. The fraction of sp³-hybridized carbons (Fsp3) is 0.500. The van der Waals surface area contributed by atoms with E-state index in [0.717, 1.165) is 41.4 Å². The van der Waals surface area contributed by atoms with Gasteiger partial charge in [-0.3, -0.25) is 9.69 Å². The number of carbonyl (C=O) groups excluding carboxylic acids is 1. The Morgan fingerprint density at radius 3 is 3.14 bits per heavy atom. The topological polar surface area (TPSA) is 83.1 Å². The van der Waals surface area contributed by atoms with Crippen molar-refractivity contribution in [3.05, 3.63) is 18.2 Å². The smallest absolute Gasteiger partial charge is 0.238 e. The molecule has 1 fully saturated rings. The van der Waals surface area contributed by atoms with Crippen LogP contribution in [0.3, 0.4) is 0 Å². The molecule has 1 aromatic rings. The zero-order valence-electron chi connectivity index (χ0n) is 12.0. The predicted octanol–water partition coefficient (Wildman–Crippen LogP) is 2.02. The van der Waals surface area contributed by atoms with Crippen molar-refractivity contribution >= 4 is 34.3 Å². The molecule has 1 amide bonds. The van der Waals surface area contributed by atoms with Gasteiger partial charge in [0.1, 0.15) is 11.4 Å². The van der Waals surface area contributed by atoms with Crippen LogP contribution in [0.4, 0.5) is 17.1 Å². The van der Waals surface area contributed by atoms with E-state index in [1.807, 2.05) is 18.2 Å². The highest BCUT2D eigenvalue weighted by Crippen LogP contribution is 2.38. The van der Waals surface area contributed by atoms with Crippen LogP contribution in [0.25, 0.3) is 0 Å². The Labute approximate surface area is 127 Å². The third-order valence-corrected chi connectivity index (χ3v) is 4.57. The van der Waals surface area contributed by atoms with Crippen LogP contribution in [0.15, 0.2) is 26.9 Å². The molecule has 2 heterocycles. The molecular formula is C14H19N5OS. The van der Waals surface area contributed by atoms with Gasteiger partial charge in [0, 0.05) is 12.6 Å². The van der Waals surface area contributed by atoms with Crippen molar-refractivity contribution in [1.29, 1.82) is 0 Å². The van der Waals surface area contributed by atoms with Crippen LogP contribution >= 0.6 is 0 Å². The Morgan fingerprint density at radius 2 is 2.38 bits per heavy atom. The molecule has 0 bridgehead atoms. The Balaban J connectivity index is 1.63. The third kappa shape index (κ3) is 3.04. The van der Waals surface area contributed by atoms with Crippen molar-refractivity contribution < 1.29 is 4.79 Å². The lowest BCUT2D eigenvalue weighted by Crippen LogP contribution is -2.36. The number of anilines is 1. The molecule has 2 aliphatic rings. The van der Waals surface area contributed by atoms with Gasteiger partial charge in [0.2, 0.25) is 5.91 Å². The summed E-state index contributed by atoms with van der Waals surface area (Å²) in [5.41, 5.74) is 8.02. The molecule has 2 atom stereocenters. The largest absolute Gasteiger partial charge is 0.330 e. The average Bonchev–Trinajstić information content (AvgIpc) is 3.06. The monoisotopic (exact) mass is 305 g/mol. The van der Waals surface area contributed by atoms with Gasteiger partial charge < -0.3 is 11.1 Å². The SMILES string of the molecule is CC1CC(CN)CN1CC(=O)Nc1cccc2c1N=S=N2. The van der Waals surface area contributed by atoms with Gasteiger partial charge in [-0.05, 0) is 37.9 Å². The van der Waals surface area contributed by atoms with E-state index >= 15 is 0 Å². The molecule has 2 aliphatic heterocycles. The summed E-state index contributed by atoms with van der Waals surface area (Å²) in [5.74, 6) is 0.485. The summed E-state index contributed by atoms with van der Waals surface area (Å²) >= 11 is 1.16. The lowest BCUT2D eigenvalue weighted by atomic mass is 10.1. The number of benzene rings is 1. The van der Waals surface area contributed by atoms with Crippen molar-refractivity contribution in [2.45, 2.75) is 19.4 Å². The van der Waals surface area contributed by atoms with Crippen LogP contribution in [-0.2, 0) is 16.1 Å². The van der Waals surface area contributed by atoms with Crippen molar-refractivity contribution in [2.75, 3.05) is 25.0 Å². The van der Waals surface area contributed by atoms with Gasteiger partial charge in [-0.15, -0.1) is 0 Å². The summed E-state index contributed by atoms with van der Waals surface area (Å²) in [4.78, 5) is 14.4. The average molecular weight is 305 g/mol. The number of nitrogens with one attached hydrogen (secondary N) is 1. The van der Waals surface area contributed by atoms with Crippen molar-refractivity contribution in [1.82, 2.24) is 4.90 Å². The number of amides is 1. The minimum Gasteiger partial charge on any atom is -0.330 e. The molecule has 21 heavy (non-hydrogen) atoms. The number of carbonyl (C=O) groups is 1. The van der Waals surface area contributed by atoms with Gasteiger partial charge in [-0.1, -0.05) is 6.07 Å². The van der Waals surface area contributed by atoms with Crippen LogP contribution in [0.2, 0.25) is 0 Å². The number of rotatable bonds is 4. The van der Waals surface area contributed by atoms with Crippen LogP contribution in [-0.4, -0.2) is 36.5 Å². The summed E-state index contributed by atoms with van der Waals surface area (Å²) in [6.45, 7) is 4.12. The number of hydrogen-bond acceptors (Lipinski definition) is 5. The van der Waals surface area contributed by atoms with E-state index in [-0.39, 0.29) is 5.91 Å². The van der Waals surface area contributed by atoms with E-state index in [9.17, 15) is 4.79 Å². The van der Waals surface area contributed by atoms with Gasteiger partial charge >= 0.3 is 0 Å². The van der Waals surface area contributed by atoms with Crippen LogP contribution in [0.1, 0.15) is 13.3 Å². The van der Waals surface area contributed by atoms with Crippen LogP contribution in [0.5, 0.6) is 0 Å². The predicted molar refractivity (Wildman–Crippen MR) is 84.8 cm³/mol. The Kier molecular flexibility index (Phi) is 4.14. The normalized spacial score (nSPS) is 23.9. The summed E-state index contributed by atoms with van der Waals surface area (Å²) < 4.78 is 8.41. The molecule has 7 heteroatoms. The van der Waals surface area contributed by atoms with Crippen molar-refractivity contribution in [3.8, 4) is 0 Å². The Morgan fingerprint density at radius 1 is 1.52 bits per heavy atom. The van der Waals surface area contributed by atoms with Gasteiger partial charge in [0.25, 0.3) is 0 Å². The van der Waals surface area contributed by atoms with E-state index in [1.165, 1.54) is 0 Å². The van der Waals surface area contributed by atoms with E-state index < -0.39 is 0 Å². The highest BCUT2D eigenvalue weighted by molar-refractivity contribution is 7.58. The van der Waals surface area contributed by atoms with E-state index in [1.54, 1.807) is 0 Å². The van der Waals surface area contributed by atoms with E-state index in [4.69, 9.17) is 5.73 Å². The maximum atomic E-state index is 12.2. The second-order valence-electron chi connectivity index (χ2n) is 5.60. The molecule has 0 saturated carbocycles. The molecular weight excluding hydrogens is 286 g/mol. The molecule has 3 N–H and O–H groups in total. The van der Waals surface area contributed by atoms with E-state index in [2.05, 4.69) is 25.9 Å². The molecule has 1 aromatic carbocycles. The number of fused-ring (bicyclic) bond motifs is 1. The number of nitrogens with two attached hydrogens (primary N) is 1. The minimum atomic E-state index is -0.0139. The molecule has 112 valence electrons. The number of nitrogens with zero attached hydrogens (tertiary/aromatic N) is 3. The second-order valence-corrected chi connectivity index (χ2v) is 6.13. The maximum absolute atomic E-state index is 12.2. The third-order valence-electron chi connectivity index (χ3n) is 4.03. The number of likely N-dealkylation sites (tertiary alicyclic amines) is 1. The molecule has 0 aliphatic carbocycles. The van der Waals surface area contributed by atoms with Crippen molar-refractivity contribution in [2.24, 2.45) is 20.4 Å². The van der Waals surface area contributed by atoms with Gasteiger partial charge in [-0.25, -0.2) is 0 Å². The maximum Gasteiger partial charge on any atom is 0.238 e. The van der Waals surface area contributed by atoms with E-state index in [0.29, 0.717) is 25.0 Å². The highest BCUT2D eigenvalue weighted by atomic mass is 32.1. The fourth-order valence-electron chi connectivity index (χ4n) is 2.89. The zero-order valence-corrected chi connectivity index (χ0v) is 12.8. The summed E-state index contributed by atoms with van der Waals surface area (Å²) in [6, 6.07) is 6.03. The first kappa shape index (κ1) is 14.4. The van der Waals surface area contributed by atoms with Crippen molar-refractivity contribution in [3.63, 3.8) is 0 Å². The van der Waals surface area contributed by atoms with Crippen LogP contribution < -0.4 is 11.1 Å². The zero-order chi connectivity index (χ0) is 14.8. The molecule has 0 aromatic heterocycles. The standard InChI is InChI=1S/C14H19N5OS/c1-9-5-10(6-15)7-19(9)8-13(20)16-11-3-2-4-12-14(11)18-21-17-12/h2-4,9-10H,5-8,15H2,1H3,(H,16,20). The van der Waals surface area contributed by atoms with Gasteiger partial charge in [0.15, 0.2) is 0 Å². The summed E-state index contributed by atoms with van der Waals surface area (Å²) in [7, 11) is 0. The molecule has 1 saturated heterocycles. The first-order valence-electron chi connectivity index (χ1n) is 7.12.